The summed E-state index contributed by atoms with van der Waals surface area (Å²) >= 11 is 0. The number of hydrogen-bond acceptors (Lipinski definition) is 2. The van der Waals surface area contributed by atoms with Crippen LogP contribution in [0.3, 0.4) is 0 Å². The molecule has 0 aromatic heterocycles. The van der Waals surface area contributed by atoms with Gasteiger partial charge in [0.1, 0.15) is 0 Å². The molecule has 0 aromatic rings. The minimum Gasteiger partial charge on any atom is -1.00 e. The van der Waals surface area contributed by atoms with Crippen molar-refractivity contribution >= 4 is 10.1 Å². The van der Waals surface area contributed by atoms with E-state index in [2.05, 4.69) is 6.92 Å². The zero-order chi connectivity index (χ0) is 10.9. The molecule has 0 aliphatic rings. The van der Waals surface area contributed by atoms with Crippen LogP contribution in [0.15, 0.2) is 0 Å². The van der Waals surface area contributed by atoms with Gasteiger partial charge in [-0.1, -0.05) is 51.9 Å². The molecule has 0 bridgehead atoms. The second kappa shape index (κ2) is 11.0. The molecule has 0 saturated heterocycles. The van der Waals surface area contributed by atoms with E-state index in [0.717, 1.165) is 12.8 Å². The molecular weight excluding hydrogens is 207 g/mol. The molecule has 15 heavy (non-hydrogen) atoms. The van der Waals surface area contributed by atoms with Crippen molar-refractivity contribution in [1.29, 1.82) is 0 Å². The Hall–Kier alpha value is 0.507. The average Bonchev–Trinajstić information content (AvgIpc) is 2.08. The third-order valence-corrected chi connectivity index (χ3v) is 3.06. The predicted molar refractivity (Wildman–Crippen MR) is 60.1 cm³/mol. The molecule has 0 heterocycles. The summed E-state index contributed by atoms with van der Waals surface area (Å²) in [5, 5.41) is 0. The molecule has 0 aromatic carbocycles. The van der Waals surface area contributed by atoms with E-state index < -0.39 is 10.1 Å². The molecule has 0 fully saturated rings. The van der Waals surface area contributed by atoms with E-state index in [-0.39, 0.29) is 26.0 Å². The molecule has 1 N–H and O–H groups in total. The van der Waals surface area contributed by atoms with Crippen LogP contribution in [-0.2, 0) is 10.1 Å². The predicted octanol–water partition coefficient (Wildman–Crippen LogP) is 0.131. The van der Waals surface area contributed by atoms with Gasteiger partial charge in [0.25, 0.3) is 10.1 Å². The van der Waals surface area contributed by atoms with Crippen molar-refractivity contribution in [1.82, 2.24) is 0 Å². The minimum atomic E-state index is -3.73. The van der Waals surface area contributed by atoms with Crippen molar-refractivity contribution in [2.45, 2.75) is 58.3 Å². The molecule has 0 spiro atoms. The summed E-state index contributed by atoms with van der Waals surface area (Å²) < 4.78 is 29.2. The molecule has 0 unspecified atom stereocenters. The van der Waals surface area contributed by atoms with E-state index in [0.29, 0.717) is 6.42 Å². The zero-order valence-corrected chi connectivity index (χ0v) is 10.9. The standard InChI is InChI=1S/C10H22O3S.Li.H/c1-2-3-4-5-6-7-8-9-10-14(11,12)13;;/h2-10H2,1H3,(H,11,12,13);;/q;+1;-1. The first kappa shape index (κ1) is 17.9. The summed E-state index contributed by atoms with van der Waals surface area (Å²) in [6.07, 6.45) is 8.85. The number of rotatable bonds is 9. The van der Waals surface area contributed by atoms with E-state index in [1.807, 2.05) is 0 Å². The SMILES string of the molecule is CCCCCCCCCCS(=O)(=O)O.[H-].[Li+]. The summed E-state index contributed by atoms with van der Waals surface area (Å²) in [6, 6.07) is 0. The summed E-state index contributed by atoms with van der Waals surface area (Å²) in [4.78, 5) is 0. The number of unbranched alkanes of at least 4 members (excludes halogenated alkanes) is 7. The van der Waals surface area contributed by atoms with E-state index in [4.69, 9.17) is 4.55 Å². The molecular formula is C10H23LiO3S. The van der Waals surface area contributed by atoms with E-state index in [1.165, 1.54) is 32.1 Å². The molecule has 3 nitrogen and oxygen atoms in total. The fraction of sp³-hybridized carbons (Fsp3) is 1.00. The van der Waals surface area contributed by atoms with Crippen molar-refractivity contribution in [3.63, 3.8) is 0 Å². The van der Waals surface area contributed by atoms with Crippen LogP contribution in [0.4, 0.5) is 0 Å². The summed E-state index contributed by atoms with van der Waals surface area (Å²) in [7, 11) is -3.73. The van der Waals surface area contributed by atoms with Crippen LogP contribution >= 0.6 is 0 Å². The summed E-state index contributed by atoms with van der Waals surface area (Å²) in [5.74, 6) is -0.0814. The molecule has 88 valence electrons. The fourth-order valence-electron chi connectivity index (χ4n) is 1.42. The topological polar surface area (TPSA) is 54.4 Å². The van der Waals surface area contributed by atoms with E-state index in [1.54, 1.807) is 0 Å². The maximum atomic E-state index is 10.4. The van der Waals surface area contributed by atoms with E-state index >= 15 is 0 Å². The molecule has 0 atom stereocenters. The molecule has 0 aliphatic heterocycles. The van der Waals surface area contributed by atoms with Crippen molar-refractivity contribution in [3.8, 4) is 0 Å². The second-order valence-corrected chi connectivity index (χ2v) is 5.33. The van der Waals surface area contributed by atoms with Gasteiger partial charge in [0.05, 0.1) is 5.75 Å². The van der Waals surface area contributed by atoms with Gasteiger partial charge in [0.15, 0.2) is 0 Å². The molecule has 0 saturated carbocycles. The van der Waals surface area contributed by atoms with Gasteiger partial charge in [0.2, 0.25) is 0 Å². The van der Waals surface area contributed by atoms with Gasteiger partial charge in [-0.2, -0.15) is 8.42 Å². The van der Waals surface area contributed by atoms with Gasteiger partial charge < -0.3 is 1.43 Å². The Morgan fingerprint density at radius 3 is 1.73 bits per heavy atom. The van der Waals surface area contributed by atoms with Crippen LogP contribution in [0.5, 0.6) is 0 Å². The first-order valence-electron chi connectivity index (χ1n) is 5.51. The first-order chi connectivity index (χ1) is 6.56. The molecule has 0 amide bonds. The van der Waals surface area contributed by atoms with E-state index in [9.17, 15) is 8.42 Å². The van der Waals surface area contributed by atoms with Crippen molar-refractivity contribution in [2.75, 3.05) is 5.75 Å². The van der Waals surface area contributed by atoms with Crippen molar-refractivity contribution in [3.05, 3.63) is 0 Å². The Morgan fingerprint density at radius 2 is 1.33 bits per heavy atom. The average molecular weight is 230 g/mol. The quantitative estimate of drug-likeness (QED) is 0.348. The van der Waals surface area contributed by atoms with Crippen LogP contribution in [0.25, 0.3) is 0 Å². The number of hydrogen-bond donors (Lipinski definition) is 1. The largest absolute Gasteiger partial charge is 1.00 e. The minimum absolute atomic E-state index is 0. The maximum absolute atomic E-state index is 10.4. The fourth-order valence-corrected chi connectivity index (χ4v) is 1.99. The van der Waals surface area contributed by atoms with Gasteiger partial charge in [-0.25, -0.2) is 0 Å². The first-order valence-corrected chi connectivity index (χ1v) is 7.12. The van der Waals surface area contributed by atoms with Crippen LogP contribution in [0.2, 0.25) is 0 Å². The third-order valence-electron chi connectivity index (χ3n) is 2.26. The van der Waals surface area contributed by atoms with Gasteiger partial charge in [-0.3, -0.25) is 4.55 Å². The van der Waals surface area contributed by atoms with Crippen LogP contribution in [0, 0.1) is 0 Å². The van der Waals surface area contributed by atoms with Gasteiger partial charge >= 0.3 is 18.9 Å². The van der Waals surface area contributed by atoms with Gasteiger partial charge in [0, 0.05) is 0 Å². The molecule has 0 radical (unpaired) electrons. The summed E-state index contributed by atoms with van der Waals surface area (Å²) in [6.45, 7) is 2.19. The monoisotopic (exact) mass is 230 g/mol. The van der Waals surface area contributed by atoms with Crippen LogP contribution in [-0.4, -0.2) is 18.7 Å². The van der Waals surface area contributed by atoms with Crippen molar-refractivity contribution in [2.24, 2.45) is 0 Å². The van der Waals surface area contributed by atoms with Crippen molar-refractivity contribution < 1.29 is 33.3 Å². The van der Waals surface area contributed by atoms with Gasteiger partial charge in [-0.15, -0.1) is 0 Å². The summed E-state index contributed by atoms with van der Waals surface area (Å²) in [5.41, 5.74) is 0. The molecule has 0 rings (SSSR count). The van der Waals surface area contributed by atoms with Crippen LogP contribution in [0.1, 0.15) is 59.7 Å². The second-order valence-electron chi connectivity index (χ2n) is 3.76. The Balaban J connectivity index is -0.000000845. The molecule has 5 heteroatoms. The van der Waals surface area contributed by atoms with Crippen LogP contribution < -0.4 is 18.9 Å². The maximum Gasteiger partial charge on any atom is 1.00 e. The third kappa shape index (κ3) is 17.1. The Bertz CT molecular complexity index is 220. The smallest absolute Gasteiger partial charge is 1.00 e. The Kier molecular flexibility index (Phi) is 13.1. The Labute approximate surface area is 107 Å². The Morgan fingerprint density at radius 1 is 0.933 bits per heavy atom. The molecule has 0 aliphatic carbocycles. The normalized spacial score (nSPS) is 11.1. The van der Waals surface area contributed by atoms with Gasteiger partial charge in [-0.05, 0) is 6.42 Å². The zero-order valence-electron chi connectivity index (χ0n) is 11.0.